The minimum atomic E-state index is -1.07. The molecule has 0 rings (SSSR count). The normalized spacial score (nSPS) is 13.4. The van der Waals surface area contributed by atoms with Crippen LogP contribution in [-0.2, 0) is 4.52 Å². The van der Waals surface area contributed by atoms with Gasteiger partial charge in [0.2, 0.25) is 7.65 Å². The van der Waals surface area contributed by atoms with E-state index in [1.807, 2.05) is 0 Å². The molecular formula is C11H22ClN2OP. The summed E-state index contributed by atoms with van der Waals surface area (Å²) in [7, 11) is -1.07. The molecular weight excluding hydrogens is 243 g/mol. The van der Waals surface area contributed by atoms with Gasteiger partial charge in [0.05, 0.1) is 19.1 Å². The molecule has 0 aliphatic heterocycles. The molecule has 94 valence electrons. The molecule has 16 heavy (non-hydrogen) atoms. The number of nitriles is 1. The average molecular weight is 265 g/mol. The maximum atomic E-state index is 8.43. The number of nitrogens with zero attached hydrogens (tertiary/aromatic N) is 2. The second-order valence-corrected chi connectivity index (χ2v) is 6.77. The Morgan fingerprint density at radius 2 is 1.75 bits per heavy atom. The SMILES string of the molecule is CC(C)CN(CC(C)C)P(Cl)OCCC#N. The fourth-order valence-electron chi connectivity index (χ4n) is 1.29. The summed E-state index contributed by atoms with van der Waals surface area (Å²) in [5, 5.41) is 8.43. The van der Waals surface area contributed by atoms with Gasteiger partial charge in [0.15, 0.2) is 0 Å². The molecule has 0 aromatic rings. The number of rotatable bonds is 8. The first-order valence-electron chi connectivity index (χ1n) is 5.68. The molecule has 0 N–H and O–H groups in total. The van der Waals surface area contributed by atoms with Gasteiger partial charge in [-0.15, -0.1) is 0 Å². The van der Waals surface area contributed by atoms with Crippen molar-refractivity contribution in [3.8, 4) is 6.07 Å². The maximum Gasteiger partial charge on any atom is 0.206 e. The van der Waals surface area contributed by atoms with E-state index in [4.69, 9.17) is 21.0 Å². The first kappa shape index (κ1) is 16.1. The van der Waals surface area contributed by atoms with Crippen LogP contribution in [0, 0.1) is 23.2 Å². The zero-order valence-electron chi connectivity index (χ0n) is 10.6. The number of halogens is 1. The Bertz CT molecular complexity index is 209. The first-order valence-corrected chi connectivity index (χ1v) is 7.79. The van der Waals surface area contributed by atoms with Crippen LogP contribution in [0.4, 0.5) is 0 Å². The summed E-state index contributed by atoms with van der Waals surface area (Å²) in [5.41, 5.74) is 0. The van der Waals surface area contributed by atoms with Crippen molar-refractivity contribution in [1.82, 2.24) is 4.67 Å². The van der Waals surface area contributed by atoms with E-state index < -0.39 is 7.65 Å². The first-order chi connectivity index (χ1) is 7.47. The lowest BCUT2D eigenvalue weighted by atomic mass is 10.2. The Labute approximate surface area is 105 Å². The van der Waals surface area contributed by atoms with Crippen LogP contribution in [0.1, 0.15) is 34.1 Å². The van der Waals surface area contributed by atoms with Crippen LogP contribution >= 0.6 is 18.9 Å². The Hall–Kier alpha value is 0.130. The van der Waals surface area contributed by atoms with Gasteiger partial charge in [0.1, 0.15) is 0 Å². The highest BCUT2D eigenvalue weighted by Gasteiger charge is 2.19. The molecule has 3 nitrogen and oxygen atoms in total. The average Bonchev–Trinajstić information content (AvgIpc) is 2.15. The summed E-state index contributed by atoms with van der Waals surface area (Å²) >= 11 is 6.23. The van der Waals surface area contributed by atoms with Gasteiger partial charge in [-0.2, -0.15) is 5.26 Å². The van der Waals surface area contributed by atoms with Gasteiger partial charge in [0, 0.05) is 13.1 Å². The van der Waals surface area contributed by atoms with Crippen molar-refractivity contribution >= 4 is 18.9 Å². The molecule has 0 fully saturated rings. The molecule has 0 aliphatic rings. The molecule has 1 atom stereocenters. The third-order valence-electron chi connectivity index (χ3n) is 1.79. The highest BCUT2D eigenvalue weighted by Crippen LogP contribution is 2.47. The van der Waals surface area contributed by atoms with Crippen molar-refractivity contribution in [1.29, 1.82) is 5.26 Å². The minimum absolute atomic E-state index is 0.406. The van der Waals surface area contributed by atoms with Crippen molar-refractivity contribution in [2.75, 3.05) is 19.7 Å². The van der Waals surface area contributed by atoms with Crippen LogP contribution < -0.4 is 0 Å². The van der Waals surface area contributed by atoms with E-state index >= 15 is 0 Å². The van der Waals surface area contributed by atoms with Crippen LogP contribution in [0.25, 0.3) is 0 Å². The van der Waals surface area contributed by atoms with E-state index in [-0.39, 0.29) is 0 Å². The lowest BCUT2D eigenvalue weighted by Gasteiger charge is -2.28. The second kappa shape index (κ2) is 9.19. The van der Waals surface area contributed by atoms with Crippen molar-refractivity contribution in [3.05, 3.63) is 0 Å². The molecule has 0 bridgehead atoms. The van der Waals surface area contributed by atoms with E-state index in [1.54, 1.807) is 0 Å². The van der Waals surface area contributed by atoms with Crippen molar-refractivity contribution in [2.24, 2.45) is 11.8 Å². The molecule has 0 saturated heterocycles. The fraction of sp³-hybridized carbons (Fsp3) is 0.909. The molecule has 0 radical (unpaired) electrons. The molecule has 0 saturated carbocycles. The van der Waals surface area contributed by atoms with E-state index in [0.717, 1.165) is 13.1 Å². The number of hydrogen-bond donors (Lipinski definition) is 0. The Morgan fingerprint density at radius 1 is 1.25 bits per heavy atom. The van der Waals surface area contributed by atoms with E-state index in [0.29, 0.717) is 24.9 Å². The Kier molecular flexibility index (Phi) is 9.26. The van der Waals surface area contributed by atoms with E-state index in [2.05, 4.69) is 38.4 Å². The van der Waals surface area contributed by atoms with Gasteiger partial charge in [-0.05, 0) is 23.1 Å². The highest BCUT2D eigenvalue weighted by molar-refractivity contribution is 7.78. The molecule has 0 amide bonds. The maximum absolute atomic E-state index is 8.43. The second-order valence-electron chi connectivity index (χ2n) is 4.63. The van der Waals surface area contributed by atoms with Crippen LogP contribution in [0.3, 0.4) is 0 Å². The molecule has 1 unspecified atom stereocenters. The zero-order chi connectivity index (χ0) is 12.6. The smallest absolute Gasteiger partial charge is 0.206 e. The van der Waals surface area contributed by atoms with Crippen LogP contribution in [0.15, 0.2) is 0 Å². The van der Waals surface area contributed by atoms with Gasteiger partial charge in [-0.25, -0.2) is 4.67 Å². The molecule has 0 spiro atoms. The van der Waals surface area contributed by atoms with Crippen molar-refractivity contribution in [3.63, 3.8) is 0 Å². The largest absolute Gasteiger partial charge is 0.330 e. The van der Waals surface area contributed by atoms with Crippen LogP contribution in [-0.4, -0.2) is 24.4 Å². The molecule has 0 aromatic heterocycles. The summed E-state index contributed by atoms with van der Waals surface area (Å²) in [4.78, 5) is 0. The van der Waals surface area contributed by atoms with Crippen molar-refractivity contribution in [2.45, 2.75) is 34.1 Å². The standard InChI is InChI=1S/C11H22ClN2OP/c1-10(2)8-14(9-11(3)4)16(12)15-7-5-6-13/h10-11H,5,7-9H2,1-4H3. The van der Waals surface area contributed by atoms with Gasteiger partial charge < -0.3 is 4.52 Å². The lowest BCUT2D eigenvalue weighted by molar-refractivity contribution is 0.289. The van der Waals surface area contributed by atoms with Crippen LogP contribution in [0.2, 0.25) is 0 Å². The van der Waals surface area contributed by atoms with Crippen LogP contribution in [0.5, 0.6) is 0 Å². The predicted octanol–water partition coefficient (Wildman–Crippen LogP) is 4.00. The summed E-state index contributed by atoms with van der Waals surface area (Å²) in [6.07, 6.45) is 0.406. The summed E-state index contributed by atoms with van der Waals surface area (Å²) in [6, 6.07) is 2.05. The zero-order valence-corrected chi connectivity index (χ0v) is 12.3. The van der Waals surface area contributed by atoms with E-state index in [1.165, 1.54) is 0 Å². The monoisotopic (exact) mass is 264 g/mol. The van der Waals surface area contributed by atoms with Gasteiger partial charge >= 0.3 is 0 Å². The topological polar surface area (TPSA) is 36.3 Å². The summed E-state index contributed by atoms with van der Waals surface area (Å²) < 4.78 is 7.66. The Balaban J connectivity index is 4.10. The summed E-state index contributed by atoms with van der Waals surface area (Å²) in [6.45, 7) is 11.0. The van der Waals surface area contributed by atoms with E-state index in [9.17, 15) is 0 Å². The molecule has 5 heteroatoms. The quantitative estimate of drug-likeness (QED) is 0.491. The molecule has 0 aliphatic carbocycles. The third kappa shape index (κ3) is 8.30. The predicted molar refractivity (Wildman–Crippen MR) is 70.2 cm³/mol. The molecule has 0 aromatic carbocycles. The van der Waals surface area contributed by atoms with Crippen molar-refractivity contribution < 1.29 is 4.52 Å². The van der Waals surface area contributed by atoms with Gasteiger partial charge in [0.25, 0.3) is 0 Å². The molecule has 0 heterocycles. The number of hydrogen-bond acceptors (Lipinski definition) is 3. The third-order valence-corrected chi connectivity index (χ3v) is 3.89. The minimum Gasteiger partial charge on any atom is -0.330 e. The fourth-order valence-corrected chi connectivity index (χ4v) is 3.19. The summed E-state index contributed by atoms with van der Waals surface area (Å²) in [5.74, 6) is 1.14. The Morgan fingerprint density at radius 3 is 2.12 bits per heavy atom. The van der Waals surface area contributed by atoms with Gasteiger partial charge in [-0.3, -0.25) is 0 Å². The lowest BCUT2D eigenvalue weighted by Crippen LogP contribution is -2.26. The van der Waals surface area contributed by atoms with Gasteiger partial charge in [-0.1, -0.05) is 27.7 Å². The highest BCUT2D eigenvalue weighted by atomic mass is 35.7.